The van der Waals surface area contributed by atoms with E-state index in [0.717, 1.165) is 12.0 Å². The lowest BCUT2D eigenvalue weighted by Crippen LogP contribution is -2.32. The Balaban J connectivity index is 1.44. The molecule has 0 radical (unpaired) electrons. The number of sulfonamides is 1. The first-order valence-corrected chi connectivity index (χ1v) is 9.58. The van der Waals surface area contributed by atoms with Crippen LogP contribution in [-0.2, 0) is 14.8 Å². The third kappa shape index (κ3) is 4.35. The predicted molar refractivity (Wildman–Crippen MR) is 94.2 cm³/mol. The van der Waals surface area contributed by atoms with Crippen molar-refractivity contribution in [3.63, 3.8) is 0 Å². The van der Waals surface area contributed by atoms with Crippen molar-refractivity contribution in [2.45, 2.75) is 12.3 Å². The number of hydrogen-bond acceptors (Lipinski definition) is 3. The van der Waals surface area contributed by atoms with Gasteiger partial charge in [0.2, 0.25) is 15.9 Å². The standard InChI is InChI=1S/C18H20N2O3S/c21-18(17-13-16(17)14-7-3-1-4-8-14)19-11-12-24(22,23)20-15-9-5-2-6-10-15/h1-10,16-17,20H,11-13H2,(H,19,21). The fourth-order valence-electron chi connectivity index (χ4n) is 2.73. The predicted octanol–water partition coefficient (Wildman–Crippen LogP) is 2.35. The van der Waals surface area contributed by atoms with E-state index in [1.807, 2.05) is 36.4 Å². The molecule has 0 bridgehead atoms. The van der Waals surface area contributed by atoms with E-state index in [9.17, 15) is 13.2 Å². The van der Waals surface area contributed by atoms with Crippen LogP contribution in [0.15, 0.2) is 60.7 Å². The molecule has 0 aromatic heterocycles. The van der Waals surface area contributed by atoms with E-state index in [1.165, 1.54) is 0 Å². The van der Waals surface area contributed by atoms with E-state index in [0.29, 0.717) is 5.69 Å². The Kier molecular flexibility index (Phi) is 4.85. The Morgan fingerprint density at radius 2 is 1.62 bits per heavy atom. The van der Waals surface area contributed by atoms with Crippen molar-refractivity contribution in [1.29, 1.82) is 0 Å². The summed E-state index contributed by atoms with van der Waals surface area (Å²) in [6, 6.07) is 18.6. The summed E-state index contributed by atoms with van der Waals surface area (Å²) in [6.07, 6.45) is 0.824. The zero-order valence-corrected chi connectivity index (χ0v) is 14.0. The van der Waals surface area contributed by atoms with Gasteiger partial charge >= 0.3 is 0 Å². The lowest BCUT2D eigenvalue weighted by Gasteiger charge is -2.09. The second-order valence-electron chi connectivity index (χ2n) is 5.94. The summed E-state index contributed by atoms with van der Waals surface area (Å²) in [7, 11) is -3.47. The molecule has 0 aliphatic heterocycles. The van der Waals surface area contributed by atoms with Crippen LogP contribution in [0.5, 0.6) is 0 Å². The van der Waals surface area contributed by atoms with Crippen LogP contribution >= 0.6 is 0 Å². The molecule has 1 aliphatic carbocycles. The molecular weight excluding hydrogens is 324 g/mol. The lowest BCUT2D eigenvalue weighted by molar-refractivity contribution is -0.122. The van der Waals surface area contributed by atoms with Gasteiger partial charge < -0.3 is 5.32 Å². The van der Waals surface area contributed by atoms with Crippen LogP contribution in [-0.4, -0.2) is 26.6 Å². The summed E-state index contributed by atoms with van der Waals surface area (Å²) in [4.78, 5) is 12.1. The molecule has 2 N–H and O–H groups in total. The van der Waals surface area contributed by atoms with Gasteiger partial charge in [0.25, 0.3) is 0 Å². The van der Waals surface area contributed by atoms with E-state index in [1.54, 1.807) is 24.3 Å². The largest absolute Gasteiger partial charge is 0.355 e. The number of para-hydroxylation sites is 1. The minimum absolute atomic E-state index is 0.0443. The first-order chi connectivity index (χ1) is 11.6. The Morgan fingerprint density at radius 1 is 1.00 bits per heavy atom. The van der Waals surface area contributed by atoms with E-state index in [4.69, 9.17) is 0 Å². The minimum atomic E-state index is -3.47. The third-order valence-corrected chi connectivity index (χ3v) is 5.36. The highest BCUT2D eigenvalue weighted by molar-refractivity contribution is 7.92. The maximum absolute atomic E-state index is 12.1. The molecule has 2 aromatic rings. The number of anilines is 1. The molecule has 1 aliphatic rings. The van der Waals surface area contributed by atoms with Crippen molar-refractivity contribution in [3.8, 4) is 0 Å². The maximum Gasteiger partial charge on any atom is 0.234 e. The second kappa shape index (κ2) is 7.05. The second-order valence-corrected chi connectivity index (χ2v) is 7.78. The highest BCUT2D eigenvalue weighted by Gasteiger charge is 2.43. The molecule has 0 spiro atoms. The fraction of sp³-hybridized carbons (Fsp3) is 0.278. The molecule has 2 atom stereocenters. The summed E-state index contributed by atoms with van der Waals surface area (Å²) < 4.78 is 26.5. The fourth-order valence-corrected chi connectivity index (χ4v) is 3.70. The number of amides is 1. The van der Waals surface area contributed by atoms with Gasteiger partial charge in [0, 0.05) is 18.2 Å². The van der Waals surface area contributed by atoms with Crippen molar-refractivity contribution in [2.75, 3.05) is 17.0 Å². The van der Waals surface area contributed by atoms with Gasteiger partial charge in [-0.25, -0.2) is 8.42 Å². The molecule has 1 amide bonds. The Morgan fingerprint density at radius 3 is 2.29 bits per heavy atom. The maximum atomic E-state index is 12.1. The monoisotopic (exact) mass is 344 g/mol. The van der Waals surface area contributed by atoms with Crippen LogP contribution in [0.2, 0.25) is 0 Å². The molecule has 126 valence electrons. The average molecular weight is 344 g/mol. The van der Waals surface area contributed by atoms with E-state index in [2.05, 4.69) is 10.0 Å². The van der Waals surface area contributed by atoms with Crippen LogP contribution in [0.25, 0.3) is 0 Å². The number of carbonyl (C=O) groups excluding carboxylic acids is 1. The molecule has 1 saturated carbocycles. The van der Waals surface area contributed by atoms with Crippen LogP contribution < -0.4 is 10.0 Å². The highest BCUT2D eigenvalue weighted by atomic mass is 32.2. The number of rotatable bonds is 7. The summed E-state index contributed by atoms with van der Waals surface area (Å²) in [5.74, 6) is -0.00250. The SMILES string of the molecule is O=C(NCCS(=O)(=O)Nc1ccccc1)C1CC1c1ccccc1. The van der Waals surface area contributed by atoms with Crippen LogP contribution in [0, 0.1) is 5.92 Å². The summed E-state index contributed by atoms with van der Waals surface area (Å²) >= 11 is 0. The molecule has 6 heteroatoms. The number of benzene rings is 2. The van der Waals surface area contributed by atoms with E-state index >= 15 is 0 Å². The molecule has 0 saturated heterocycles. The first-order valence-electron chi connectivity index (χ1n) is 7.93. The number of nitrogens with one attached hydrogen (secondary N) is 2. The van der Waals surface area contributed by atoms with Crippen LogP contribution in [0.3, 0.4) is 0 Å². The minimum Gasteiger partial charge on any atom is -0.355 e. The molecule has 2 unspecified atom stereocenters. The zero-order chi connectivity index (χ0) is 17.0. The van der Waals surface area contributed by atoms with Gasteiger partial charge in [-0.3, -0.25) is 9.52 Å². The number of carbonyl (C=O) groups is 1. The smallest absolute Gasteiger partial charge is 0.234 e. The first kappa shape index (κ1) is 16.5. The molecule has 2 aromatic carbocycles. The van der Waals surface area contributed by atoms with Crippen LogP contribution in [0.1, 0.15) is 17.9 Å². The molecule has 24 heavy (non-hydrogen) atoms. The molecule has 0 heterocycles. The third-order valence-electron chi connectivity index (χ3n) is 4.07. The van der Waals surface area contributed by atoms with Gasteiger partial charge in [-0.1, -0.05) is 48.5 Å². The van der Waals surface area contributed by atoms with Crippen molar-refractivity contribution < 1.29 is 13.2 Å². The Hall–Kier alpha value is -2.34. The topological polar surface area (TPSA) is 75.3 Å². The van der Waals surface area contributed by atoms with Crippen molar-refractivity contribution >= 4 is 21.6 Å². The molecule has 1 fully saturated rings. The number of hydrogen-bond donors (Lipinski definition) is 2. The van der Waals surface area contributed by atoms with Gasteiger partial charge in [0.1, 0.15) is 0 Å². The highest BCUT2D eigenvalue weighted by Crippen LogP contribution is 2.47. The van der Waals surface area contributed by atoms with Crippen molar-refractivity contribution in [1.82, 2.24) is 5.32 Å². The quantitative estimate of drug-likeness (QED) is 0.809. The van der Waals surface area contributed by atoms with Gasteiger partial charge in [-0.05, 0) is 30.0 Å². The van der Waals surface area contributed by atoms with Crippen molar-refractivity contribution in [2.24, 2.45) is 5.92 Å². The van der Waals surface area contributed by atoms with Crippen LogP contribution in [0.4, 0.5) is 5.69 Å². The summed E-state index contributed by atoms with van der Waals surface area (Å²) in [6.45, 7) is 0.110. The van der Waals surface area contributed by atoms with Gasteiger partial charge in [0.15, 0.2) is 0 Å². The zero-order valence-electron chi connectivity index (χ0n) is 13.2. The van der Waals surface area contributed by atoms with Gasteiger partial charge in [-0.2, -0.15) is 0 Å². The molecular formula is C18H20N2O3S. The van der Waals surface area contributed by atoms with E-state index < -0.39 is 10.0 Å². The molecule has 3 rings (SSSR count). The Bertz CT molecular complexity index is 792. The summed E-state index contributed by atoms with van der Waals surface area (Å²) in [5, 5.41) is 2.73. The summed E-state index contributed by atoms with van der Waals surface area (Å²) in [5.41, 5.74) is 1.69. The van der Waals surface area contributed by atoms with Gasteiger partial charge in [-0.15, -0.1) is 0 Å². The average Bonchev–Trinajstić information content (AvgIpc) is 3.37. The van der Waals surface area contributed by atoms with E-state index in [-0.39, 0.29) is 30.0 Å². The Labute approximate surface area is 142 Å². The van der Waals surface area contributed by atoms with Gasteiger partial charge in [0.05, 0.1) is 5.75 Å². The normalized spacial score (nSPS) is 19.5. The molecule has 5 nitrogen and oxygen atoms in total. The van der Waals surface area contributed by atoms with Crippen molar-refractivity contribution in [3.05, 3.63) is 66.2 Å². The lowest BCUT2D eigenvalue weighted by atomic mass is 10.1.